The zero-order valence-electron chi connectivity index (χ0n) is 17.2. The summed E-state index contributed by atoms with van der Waals surface area (Å²) in [6.45, 7) is 5.85. The first-order chi connectivity index (χ1) is 13.5. The number of rotatable bonds is 6. The van der Waals surface area contributed by atoms with Gasteiger partial charge in [0, 0.05) is 24.2 Å². The molecule has 2 aliphatic heterocycles. The molecule has 0 saturated carbocycles. The molecule has 1 aromatic carbocycles. The van der Waals surface area contributed by atoms with Crippen LogP contribution in [0.2, 0.25) is 0 Å². The Kier molecular flexibility index (Phi) is 7.45. The molecule has 28 heavy (non-hydrogen) atoms. The van der Waals surface area contributed by atoms with Gasteiger partial charge >= 0.3 is 0 Å². The van der Waals surface area contributed by atoms with E-state index in [1.807, 2.05) is 0 Å². The van der Waals surface area contributed by atoms with Crippen LogP contribution in [0.5, 0.6) is 0 Å². The van der Waals surface area contributed by atoms with E-state index >= 15 is 0 Å². The Hall–Kier alpha value is -1.92. The van der Waals surface area contributed by atoms with Crippen LogP contribution in [-0.4, -0.2) is 75.0 Å². The fourth-order valence-electron chi connectivity index (χ4n) is 3.98. The lowest BCUT2D eigenvalue weighted by molar-refractivity contribution is 0.0927. The molecule has 0 atom stereocenters. The summed E-state index contributed by atoms with van der Waals surface area (Å²) in [5.41, 5.74) is 1.22. The van der Waals surface area contributed by atoms with Gasteiger partial charge in [0.05, 0.1) is 0 Å². The predicted octanol–water partition coefficient (Wildman–Crippen LogP) is 1.83. The molecule has 1 aromatic rings. The van der Waals surface area contributed by atoms with Crippen LogP contribution in [0.15, 0.2) is 24.3 Å². The van der Waals surface area contributed by atoms with Crippen LogP contribution in [0.1, 0.15) is 46.4 Å². The maximum atomic E-state index is 12.4. The molecule has 2 fully saturated rings. The molecule has 2 saturated heterocycles. The van der Waals surface area contributed by atoms with Crippen molar-refractivity contribution in [1.29, 1.82) is 0 Å². The van der Waals surface area contributed by atoms with E-state index in [0.29, 0.717) is 23.0 Å². The highest BCUT2D eigenvalue weighted by Gasteiger charge is 2.19. The monoisotopic (exact) mass is 386 g/mol. The first-order valence-corrected chi connectivity index (χ1v) is 10.5. The lowest BCUT2D eigenvalue weighted by atomic mass is 9.97. The Morgan fingerprint density at radius 3 is 1.39 bits per heavy atom. The summed E-state index contributed by atoms with van der Waals surface area (Å²) in [7, 11) is 4.28. The van der Waals surface area contributed by atoms with Gasteiger partial charge in [0.1, 0.15) is 0 Å². The summed E-state index contributed by atoms with van der Waals surface area (Å²) in [5, 5.41) is 6.08. The molecule has 3 rings (SSSR count). The highest BCUT2D eigenvalue weighted by molar-refractivity contribution is 5.97. The van der Waals surface area contributed by atoms with Crippen molar-refractivity contribution in [1.82, 2.24) is 20.4 Å². The van der Waals surface area contributed by atoms with E-state index in [-0.39, 0.29) is 11.8 Å². The van der Waals surface area contributed by atoms with Crippen molar-refractivity contribution in [3.05, 3.63) is 35.4 Å². The van der Waals surface area contributed by atoms with Crippen molar-refractivity contribution in [3.8, 4) is 0 Å². The number of hydrogen-bond donors (Lipinski definition) is 2. The van der Waals surface area contributed by atoms with E-state index in [4.69, 9.17) is 0 Å². The molecule has 2 N–H and O–H groups in total. The number of benzene rings is 1. The standard InChI is InChI=1S/C22H34N4O2/c1-25-11-7-17(8-12-25)15-23-21(27)19-3-5-20(6-4-19)22(28)24-16-18-9-13-26(2)14-10-18/h3-6,17-18H,7-16H2,1-2H3,(H,23,27)(H,24,28). The van der Waals surface area contributed by atoms with Crippen LogP contribution in [0, 0.1) is 11.8 Å². The molecule has 0 unspecified atom stereocenters. The number of hydrogen-bond acceptors (Lipinski definition) is 4. The minimum Gasteiger partial charge on any atom is -0.352 e. The maximum Gasteiger partial charge on any atom is 0.251 e. The second-order valence-corrected chi connectivity index (χ2v) is 8.49. The van der Waals surface area contributed by atoms with Crippen molar-refractivity contribution in [2.75, 3.05) is 53.4 Å². The van der Waals surface area contributed by atoms with Gasteiger partial charge in [-0.2, -0.15) is 0 Å². The highest BCUT2D eigenvalue weighted by Crippen LogP contribution is 2.16. The van der Waals surface area contributed by atoms with Gasteiger partial charge in [-0.15, -0.1) is 0 Å². The molecule has 154 valence electrons. The second kappa shape index (κ2) is 10.0. The third-order valence-corrected chi connectivity index (χ3v) is 6.19. The average Bonchev–Trinajstić information content (AvgIpc) is 2.72. The molecule has 0 radical (unpaired) electrons. The molecule has 2 amide bonds. The summed E-state index contributed by atoms with van der Waals surface area (Å²) < 4.78 is 0. The first kappa shape index (κ1) is 20.8. The highest BCUT2D eigenvalue weighted by atomic mass is 16.2. The second-order valence-electron chi connectivity index (χ2n) is 8.49. The van der Waals surface area contributed by atoms with Crippen LogP contribution in [0.25, 0.3) is 0 Å². The average molecular weight is 387 g/mol. The van der Waals surface area contributed by atoms with Crippen LogP contribution >= 0.6 is 0 Å². The Bertz CT molecular complexity index is 588. The normalized spacial score (nSPS) is 20.1. The predicted molar refractivity (Wildman–Crippen MR) is 112 cm³/mol. The van der Waals surface area contributed by atoms with Crippen molar-refractivity contribution in [2.45, 2.75) is 25.7 Å². The smallest absolute Gasteiger partial charge is 0.251 e. The summed E-state index contributed by atoms with van der Waals surface area (Å²) in [6.07, 6.45) is 4.53. The molecule has 6 nitrogen and oxygen atoms in total. The third-order valence-electron chi connectivity index (χ3n) is 6.19. The van der Waals surface area contributed by atoms with Gasteiger partial charge in [-0.05, 0) is 102 Å². The van der Waals surface area contributed by atoms with Gasteiger partial charge in [0.15, 0.2) is 0 Å². The Labute approximate surface area is 168 Å². The molecule has 6 heteroatoms. The maximum absolute atomic E-state index is 12.4. The van der Waals surface area contributed by atoms with E-state index in [1.165, 1.54) is 0 Å². The number of nitrogens with one attached hydrogen (secondary N) is 2. The van der Waals surface area contributed by atoms with Crippen LogP contribution in [-0.2, 0) is 0 Å². The molecule has 0 bridgehead atoms. The summed E-state index contributed by atoms with van der Waals surface area (Å²) in [4.78, 5) is 29.4. The minimum atomic E-state index is -0.0581. The SMILES string of the molecule is CN1CCC(CNC(=O)c2ccc(C(=O)NCC3CCN(C)CC3)cc2)CC1. The van der Waals surface area contributed by atoms with E-state index in [2.05, 4.69) is 34.5 Å². The number of carbonyl (C=O) groups is 2. The zero-order chi connectivity index (χ0) is 19.9. The molecular weight excluding hydrogens is 352 g/mol. The van der Waals surface area contributed by atoms with Gasteiger partial charge in [-0.25, -0.2) is 0 Å². The number of nitrogens with zero attached hydrogens (tertiary/aromatic N) is 2. The van der Waals surface area contributed by atoms with Crippen LogP contribution in [0.4, 0.5) is 0 Å². The molecule has 2 aliphatic rings. The quantitative estimate of drug-likeness (QED) is 0.783. The van der Waals surface area contributed by atoms with Gasteiger partial charge < -0.3 is 20.4 Å². The topological polar surface area (TPSA) is 64.7 Å². The summed E-state index contributed by atoms with van der Waals surface area (Å²) >= 11 is 0. The van der Waals surface area contributed by atoms with Crippen molar-refractivity contribution >= 4 is 11.8 Å². The Morgan fingerprint density at radius 1 is 0.750 bits per heavy atom. The van der Waals surface area contributed by atoms with E-state index in [0.717, 1.165) is 65.0 Å². The van der Waals surface area contributed by atoms with E-state index in [1.54, 1.807) is 24.3 Å². The molecular formula is C22H34N4O2. The third kappa shape index (κ3) is 6.04. The van der Waals surface area contributed by atoms with Crippen molar-refractivity contribution in [3.63, 3.8) is 0 Å². The van der Waals surface area contributed by atoms with E-state index < -0.39 is 0 Å². The fourth-order valence-corrected chi connectivity index (χ4v) is 3.98. The number of piperidine rings is 2. The fraction of sp³-hybridized carbons (Fsp3) is 0.636. The largest absolute Gasteiger partial charge is 0.352 e. The summed E-state index contributed by atoms with van der Waals surface area (Å²) in [6, 6.07) is 6.98. The van der Waals surface area contributed by atoms with Gasteiger partial charge in [0.2, 0.25) is 0 Å². The van der Waals surface area contributed by atoms with Crippen LogP contribution < -0.4 is 10.6 Å². The number of carbonyl (C=O) groups excluding carboxylic acids is 2. The minimum absolute atomic E-state index is 0.0581. The summed E-state index contributed by atoms with van der Waals surface area (Å²) in [5.74, 6) is 1.00. The molecule has 0 aliphatic carbocycles. The lowest BCUT2D eigenvalue weighted by Gasteiger charge is -2.29. The first-order valence-electron chi connectivity index (χ1n) is 10.5. The van der Waals surface area contributed by atoms with Gasteiger partial charge in [-0.3, -0.25) is 9.59 Å². The van der Waals surface area contributed by atoms with Crippen LogP contribution in [0.3, 0.4) is 0 Å². The van der Waals surface area contributed by atoms with Crippen molar-refractivity contribution in [2.24, 2.45) is 11.8 Å². The Balaban J connectivity index is 1.42. The molecule has 0 spiro atoms. The zero-order valence-corrected chi connectivity index (χ0v) is 17.2. The molecule has 2 heterocycles. The van der Waals surface area contributed by atoms with Gasteiger partial charge in [-0.1, -0.05) is 0 Å². The van der Waals surface area contributed by atoms with Gasteiger partial charge in [0.25, 0.3) is 11.8 Å². The number of likely N-dealkylation sites (tertiary alicyclic amines) is 2. The number of amides is 2. The lowest BCUT2D eigenvalue weighted by Crippen LogP contribution is -2.37. The Morgan fingerprint density at radius 2 is 1.07 bits per heavy atom. The molecule has 0 aromatic heterocycles. The van der Waals surface area contributed by atoms with Crippen molar-refractivity contribution < 1.29 is 9.59 Å². The van der Waals surface area contributed by atoms with E-state index in [9.17, 15) is 9.59 Å².